The van der Waals surface area contributed by atoms with Gasteiger partial charge in [0.2, 0.25) is 6.29 Å². The highest BCUT2D eigenvalue weighted by Gasteiger charge is 2.45. The van der Waals surface area contributed by atoms with Gasteiger partial charge < -0.3 is 54.7 Å². The van der Waals surface area contributed by atoms with Crippen LogP contribution in [0.25, 0.3) is 5.76 Å². The van der Waals surface area contributed by atoms with Gasteiger partial charge >= 0.3 is 0 Å². The molecule has 0 amide bonds. The first-order valence-electron chi connectivity index (χ1n) is 10.0. The molecule has 0 spiro atoms. The third-order valence-corrected chi connectivity index (χ3v) is 5.50. The molecule has 1 fully saturated rings. The first-order chi connectivity index (χ1) is 15.7. The van der Waals surface area contributed by atoms with Gasteiger partial charge in [-0.3, -0.25) is 0 Å². The van der Waals surface area contributed by atoms with Gasteiger partial charge in [0.25, 0.3) is 0 Å². The normalized spacial score (nSPS) is 31.6. The predicted octanol–water partition coefficient (Wildman–Crippen LogP) is 0.108. The number of phenolic OH excluding ortho intramolecular Hbond substituents is 1. The number of aliphatic hydroxyl groups is 6. The average molecular weight is 464 g/mol. The molecule has 1 unspecified atom stereocenters. The first-order valence-corrected chi connectivity index (χ1v) is 10.0. The van der Waals surface area contributed by atoms with Gasteiger partial charge in [-0.1, -0.05) is 0 Å². The van der Waals surface area contributed by atoms with E-state index in [0.29, 0.717) is 5.56 Å². The lowest BCUT2D eigenvalue weighted by atomic mass is 9.96. The van der Waals surface area contributed by atoms with Crippen LogP contribution >= 0.6 is 0 Å². The molecule has 33 heavy (non-hydrogen) atoms. The maximum Gasteiger partial charge on any atom is 0.229 e. The summed E-state index contributed by atoms with van der Waals surface area (Å²) >= 11 is 0. The number of fused-ring (bicyclic) bond motifs is 1. The second-order valence-corrected chi connectivity index (χ2v) is 7.65. The van der Waals surface area contributed by atoms with E-state index in [1.54, 1.807) is 0 Å². The van der Waals surface area contributed by atoms with Gasteiger partial charge in [0.15, 0.2) is 23.0 Å². The Bertz CT molecular complexity index is 1040. The number of aromatic hydroxyl groups is 1. The van der Waals surface area contributed by atoms with E-state index in [9.17, 15) is 35.7 Å². The molecule has 7 N–H and O–H groups in total. The fourth-order valence-corrected chi connectivity index (χ4v) is 3.71. The van der Waals surface area contributed by atoms with Crippen molar-refractivity contribution < 1.29 is 54.7 Å². The van der Waals surface area contributed by atoms with Crippen molar-refractivity contribution in [2.75, 3.05) is 13.7 Å². The molecule has 1 aromatic rings. The molecular weight excluding hydrogens is 440 g/mol. The van der Waals surface area contributed by atoms with Crippen LogP contribution in [0.5, 0.6) is 11.5 Å². The first kappa shape index (κ1) is 23.0. The highest BCUT2D eigenvalue weighted by molar-refractivity contribution is 5.70. The van der Waals surface area contributed by atoms with Crippen LogP contribution in [0.3, 0.4) is 0 Å². The lowest BCUT2D eigenvalue weighted by Gasteiger charge is -2.40. The molecule has 1 aliphatic carbocycles. The van der Waals surface area contributed by atoms with E-state index >= 15 is 0 Å². The summed E-state index contributed by atoms with van der Waals surface area (Å²) in [5.41, 5.74) is 0.614. The number of phenols is 1. The summed E-state index contributed by atoms with van der Waals surface area (Å²) in [4.78, 5) is 0. The molecule has 1 aromatic carbocycles. The Balaban J connectivity index is 1.77. The number of hydrogen-bond donors (Lipinski definition) is 7. The fourth-order valence-electron chi connectivity index (χ4n) is 3.71. The summed E-state index contributed by atoms with van der Waals surface area (Å²) in [6.07, 6.45) is -4.62. The summed E-state index contributed by atoms with van der Waals surface area (Å²) in [5.74, 6) is -0.435. The third kappa shape index (κ3) is 4.24. The van der Waals surface area contributed by atoms with E-state index in [1.165, 1.54) is 37.5 Å². The monoisotopic (exact) mass is 464 g/mol. The Morgan fingerprint density at radius 3 is 2.45 bits per heavy atom. The second kappa shape index (κ2) is 8.96. The average Bonchev–Trinajstić information content (AvgIpc) is 2.79. The fraction of sp³-hybridized carbons (Fsp3) is 0.364. The molecule has 6 atom stereocenters. The van der Waals surface area contributed by atoms with Crippen LogP contribution in [0.1, 0.15) is 5.56 Å². The number of allylic oxidation sites excluding steroid dienone is 2. The van der Waals surface area contributed by atoms with Gasteiger partial charge in [-0.15, -0.1) is 0 Å². The zero-order valence-corrected chi connectivity index (χ0v) is 17.4. The number of hydrogen-bond acceptors (Lipinski definition) is 11. The molecule has 11 nitrogen and oxygen atoms in total. The van der Waals surface area contributed by atoms with Gasteiger partial charge in [0, 0.05) is 23.3 Å². The molecular formula is C22H24O11. The molecule has 0 aromatic heterocycles. The minimum absolute atomic E-state index is 0.0342. The van der Waals surface area contributed by atoms with E-state index in [-0.39, 0.29) is 40.1 Å². The Hall–Kier alpha value is -3.22. The number of methoxy groups -OCH3 is 1. The standard InChI is InChI=1S/C22H24O11/c1-30-15-4-9(2-3-12(15)25)21-16(7-11-13(26)5-10(24)6-14(11)31-21)32-22-20(29)19(28)18(27)17(8-23)33-22/h2-7,14,17-20,22-29H,8H2,1H3/t14?,17-,18+,19+,20-,22-/m1/s1. The van der Waals surface area contributed by atoms with Crippen LogP contribution < -0.4 is 4.74 Å². The number of benzene rings is 1. The second-order valence-electron chi connectivity index (χ2n) is 7.65. The third-order valence-electron chi connectivity index (χ3n) is 5.50. The highest BCUT2D eigenvalue weighted by atomic mass is 16.7. The van der Waals surface area contributed by atoms with Crippen LogP contribution in [0.15, 0.2) is 59.3 Å². The van der Waals surface area contributed by atoms with Crippen molar-refractivity contribution >= 4 is 5.76 Å². The molecule has 0 radical (unpaired) electrons. The number of rotatable bonds is 5. The van der Waals surface area contributed by atoms with Crippen LogP contribution in [-0.4, -0.2) is 86.3 Å². The molecule has 4 rings (SSSR count). The minimum Gasteiger partial charge on any atom is -0.508 e. The zero-order chi connectivity index (χ0) is 23.9. The van der Waals surface area contributed by atoms with Gasteiger partial charge in [0.05, 0.1) is 13.7 Å². The Kier molecular flexibility index (Phi) is 6.23. The van der Waals surface area contributed by atoms with Crippen molar-refractivity contribution in [3.63, 3.8) is 0 Å². The van der Waals surface area contributed by atoms with Crippen LogP contribution in [-0.2, 0) is 14.2 Å². The van der Waals surface area contributed by atoms with Crippen LogP contribution in [0.4, 0.5) is 0 Å². The quantitative estimate of drug-likeness (QED) is 0.314. The summed E-state index contributed by atoms with van der Waals surface area (Å²) in [5, 5.41) is 69.9. The molecule has 0 bridgehead atoms. The Morgan fingerprint density at radius 1 is 1.00 bits per heavy atom. The van der Waals surface area contributed by atoms with Crippen molar-refractivity contribution in [3.05, 3.63) is 64.8 Å². The molecule has 0 saturated carbocycles. The smallest absolute Gasteiger partial charge is 0.229 e. The summed E-state index contributed by atoms with van der Waals surface area (Å²) < 4.78 is 22.3. The van der Waals surface area contributed by atoms with E-state index in [1.807, 2.05) is 0 Å². The summed E-state index contributed by atoms with van der Waals surface area (Å²) in [7, 11) is 1.36. The van der Waals surface area contributed by atoms with E-state index < -0.39 is 43.4 Å². The zero-order valence-electron chi connectivity index (χ0n) is 17.4. The lowest BCUT2D eigenvalue weighted by Crippen LogP contribution is -2.59. The number of aliphatic hydroxyl groups excluding tert-OH is 6. The van der Waals surface area contributed by atoms with Gasteiger partial charge in [0.1, 0.15) is 42.0 Å². The summed E-state index contributed by atoms with van der Waals surface area (Å²) in [6.45, 7) is -0.640. The van der Waals surface area contributed by atoms with Gasteiger partial charge in [-0.2, -0.15) is 0 Å². The molecule has 1 saturated heterocycles. The van der Waals surface area contributed by atoms with Crippen molar-refractivity contribution in [1.29, 1.82) is 0 Å². The molecule has 11 heteroatoms. The summed E-state index contributed by atoms with van der Waals surface area (Å²) in [6, 6.07) is 4.33. The Morgan fingerprint density at radius 2 is 1.76 bits per heavy atom. The minimum atomic E-state index is -1.68. The van der Waals surface area contributed by atoms with E-state index in [0.717, 1.165) is 6.08 Å². The van der Waals surface area contributed by atoms with Crippen molar-refractivity contribution in [2.45, 2.75) is 36.8 Å². The lowest BCUT2D eigenvalue weighted by molar-refractivity contribution is -0.290. The van der Waals surface area contributed by atoms with Gasteiger partial charge in [-0.05, 0) is 24.3 Å². The predicted molar refractivity (Wildman–Crippen MR) is 111 cm³/mol. The van der Waals surface area contributed by atoms with Gasteiger partial charge in [-0.25, -0.2) is 0 Å². The molecule has 178 valence electrons. The largest absolute Gasteiger partial charge is 0.508 e. The topological polar surface area (TPSA) is 179 Å². The maximum atomic E-state index is 10.4. The molecule has 3 aliphatic rings. The maximum absolute atomic E-state index is 10.4. The van der Waals surface area contributed by atoms with E-state index in [4.69, 9.17) is 18.9 Å². The molecule has 2 aliphatic heterocycles. The number of ether oxygens (including phenoxy) is 4. The Labute approximate surface area is 188 Å². The SMILES string of the molecule is COc1cc(C2=C(O[C@@H]3O[C@H](CO)[C@H](O)[C@H](O)[C@H]3O)C=C3C(O)=CC(O)=CC3O2)ccc1O. The van der Waals surface area contributed by atoms with Crippen molar-refractivity contribution in [1.82, 2.24) is 0 Å². The van der Waals surface area contributed by atoms with E-state index in [2.05, 4.69) is 0 Å². The molecule has 2 heterocycles. The highest BCUT2D eigenvalue weighted by Crippen LogP contribution is 2.39. The van der Waals surface area contributed by atoms with Crippen molar-refractivity contribution in [3.8, 4) is 11.5 Å². The van der Waals surface area contributed by atoms with Crippen LogP contribution in [0, 0.1) is 0 Å². The van der Waals surface area contributed by atoms with Crippen LogP contribution in [0.2, 0.25) is 0 Å². The van der Waals surface area contributed by atoms with Crippen molar-refractivity contribution in [2.24, 2.45) is 0 Å².